The number of carbonyl (C=O) groups excluding carboxylic acids is 2. The van der Waals surface area contributed by atoms with Crippen LogP contribution in [-0.4, -0.2) is 40.3 Å². The van der Waals surface area contributed by atoms with Gasteiger partial charge in [-0.1, -0.05) is 60.7 Å². The number of hydrogen-bond acceptors (Lipinski definition) is 4. The molecular weight excluding hydrogens is 428 g/mol. The van der Waals surface area contributed by atoms with E-state index in [-0.39, 0.29) is 11.3 Å². The van der Waals surface area contributed by atoms with Crippen LogP contribution in [0.3, 0.4) is 0 Å². The smallest absolute Gasteiger partial charge is 0.295 e. The molecule has 0 radical (unpaired) electrons. The summed E-state index contributed by atoms with van der Waals surface area (Å²) < 4.78 is 5.36. The number of methoxy groups -OCH3 is 1. The van der Waals surface area contributed by atoms with Crippen molar-refractivity contribution in [3.05, 3.63) is 107 Å². The van der Waals surface area contributed by atoms with Gasteiger partial charge in [0.25, 0.3) is 11.7 Å². The fourth-order valence-corrected chi connectivity index (χ4v) is 4.58. The highest BCUT2D eigenvalue weighted by molar-refractivity contribution is 6.46. The minimum atomic E-state index is -0.671. The average molecular weight is 453 g/mol. The Morgan fingerprint density at radius 2 is 1.71 bits per heavy atom. The molecule has 1 saturated heterocycles. The number of nitrogens with one attached hydrogen (secondary N) is 1. The van der Waals surface area contributed by atoms with Crippen molar-refractivity contribution in [3.8, 4) is 5.75 Å². The fourth-order valence-electron chi connectivity index (χ4n) is 4.58. The third-order valence-corrected chi connectivity index (χ3v) is 6.30. The Hall–Kier alpha value is -4.32. The van der Waals surface area contributed by atoms with E-state index >= 15 is 0 Å². The van der Waals surface area contributed by atoms with E-state index in [4.69, 9.17) is 4.74 Å². The number of ketones is 1. The summed E-state index contributed by atoms with van der Waals surface area (Å²) in [6.07, 6.45) is 2.46. The molecule has 34 heavy (non-hydrogen) atoms. The van der Waals surface area contributed by atoms with Crippen LogP contribution in [-0.2, 0) is 16.0 Å². The molecule has 1 atom stereocenters. The Morgan fingerprint density at radius 3 is 2.41 bits per heavy atom. The molecule has 0 bridgehead atoms. The van der Waals surface area contributed by atoms with Crippen molar-refractivity contribution >= 4 is 28.4 Å². The standard InChI is InChI=1S/C28H24N2O4/c1-34-21-12-13-23-22(16-21)20(17-29-23)14-15-30-25(18-8-4-2-5-9-18)24(27(32)28(30)33)26(31)19-10-6-3-7-11-19/h2-13,16-17,25,29,31H,14-15H2,1H3/b26-24-. The number of aliphatic hydroxyl groups excluding tert-OH is 1. The van der Waals surface area contributed by atoms with Crippen molar-refractivity contribution < 1.29 is 19.4 Å². The maximum Gasteiger partial charge on any atom is 0.295 e. The molecule has 1 fully saturated rings. The minimum absolute atomic E-state index is 0.114. The summed E-state index contributed by atoms with van der Waals surface area (Å²) >= 11 is 0. The lowest BCUT2D eigenvalue weighted by atomic mass is 9.95. The summed E-state index contributed by atoms with van der Waals surface area (Å²) in [7, 11) is 1.62. The highest BCUT2D eigenvalue weighted by Gasteiger charge is 2.45. The molecule has 3 aromatic carbocycles. The highest BCUT2D eigenvalue weighted by atomic mass is 16.5. The van der Waals surface area contributed by atoms with Crippen molar-refractivity contribution in [2.75, 3.05) is 13.7 Å². The molecule has 4 aromatic rings. The molecule has 1 unspecified atom stereocenters. The van der Waals surface area contributed by atoms with Gasteiger partial charge >= 0.3 is 0 Å². The van der Waals surface area contributed by atoms with Crippen LogP contribution in [0.4, 0.5) is 0 Å². The van der Waals surface area contributed by atoms with Crippen molar-refractivity contribution in [3.63, 3.8) is 0 Å². The van der Waals surface area contributed by atoms with Crippen LogP contribution in [0, 0.1) is 0 Å². The Morgan fingerprint density at radius 1 is 1.00 bits per heavy atom. The van der Waals surface area contributed by atoms with Crippen LogP contribution in [0.5, 0.6) is 5.75 Å². The van der Waals surface area contributed by atoms with E-state index in [0.717, 1.165) is 27.8 Å². The second-order valence-electron chi connectivity index (χ2n) is 8.24. The van der Waals surface area contributed by atoms with E-state index in [1.54, 1.807) is 36.3 Å². The first-order valence-electron chi connectivity index (χ1n) is 11.1. The van der Waals surface area contributed by atoms with Crippen LogP contribution in [0.15, 0.2) is 90.6 Å². The first-order chi connectivity index (χ1) is 16.6. The second kappa shape index (κ2) is 8.90. The lowest BCUT2D eigenvalue weighted by Crippen LogP contribution is -2.31. The van der Waals surface area contributed by atoms with E-state index in [9.17, 15) is 14.7 Å². The molecular formula is C28H24N2O4. The normalized spacial score (nSPS) is 17.4. The summed E-state index contributed by atoms with van der Waals surface area (Å²) in [4.78, 5) is 31.1. The van der Waals surface area contributed by atoms with Crippen molar-refractivity contribution in [2.45, 2.75) is 12.5 Å². The molecule has 6 nitrogen and oxygen atoms in total. The minimum Gasteiger partial charge on any atom is -0.507 e. The van der Waals surface area contributed by atoms with Gasteiger partial charge in [0.2, 0.25) is 0 Å². The number of hydrogen-bond donors (Lipinski definition) is 2. The number of fused-ring (bicyclic) bond motifs is 1. The number of benzene rings is 3. The maximum atomic E-state index is 13.2. The number of amides is 1. The number of carbonyl (C=O) groups is 2. The number of likely N-dealkylation sites (tertiary alicyclic amines) is 1. The molecule has 0 spiro atoms. The molecule has 170 valence electrons. The van der Waals surface area contributed by atoms with Gasteiger partial charge in [-0.3, -0.25) is 9.59 Å². The molecule has 6 heteroatoms. The highest BCUT2D eigenvalue weighted by Crippen LogP contribution is 2.39. The predicted molar refractivity (Wildman–Crippen MR) is 130 cm³/mol. The predicted octanol–water partition coefficient (Wildman–Crippen LogP) is 4.84. The molecule has 2 N–H and O–H groups in total. The van der Waals surface area contributed by atoms with Crippen LogP contribution in [0.25, 0.3) is 16.7 Å². The fraction of sp³-hybridized carbons (Fsp3) is 0.143. The lowest BCUT2D eigenvalue weighted by Gasteiger charge is -2.25. The van der Waals surface area contributed by atoms with E-state index in [0.29, 0.717) is 18.5 Å². The summed E-state index contributed by atoms with van der Waals surface area (Å²) in [5, 5.41) is 12.1. The summed E-state index contributed by atoms with van der Waals surface area (Å²) in [6, 6.07) is 23.3. The number of aliphatic hydroxyl groups is 1. The number of rotatable bonds is 6. The van der Waals surface area contributed by atoms with Gasteiger partial charge in [-0.2, -0.15) is 0 Å². The van der Waals surface area contributed by atoms with Gasteiger partial charge in [0.15, 0.2) is 0 Å². The maximum absolute atomic E-state index is 13.2. The number of Topliss-reactive ketones (excluding diaryl/α,β-unsaturated/α-hetero) is 1. The molecule has 5 rings (SSSR count). The Kier molecular flexibility index (Phi) is 5.64. The zero-order chi connectivity index (χ0) is 23.7. The number of aromatic nitrogens is 1. The molecule has 0 saturated carbocycles. The van der Waals surface area contributed by atoms with Crippen molar-refractivity contribution in [1.29, 1.82) is 0 Å². The van der Waals surface area contributed by atoms with Gasteiger partial charge in [-0.25, -0.2) is 0 Å². The zero-order valence-electron chi connectivity index (χ0n) is 18.7. The van der Waals surface area contributed by atoms with E-state index < -0.39 is 17.7 Å². The molecule has 1 aliphatic rings. The first-order valence-corrected chi connectivity index (χ1v) is 11.1. The third-order valence-electron chi connectivity index (χ3n) is 6.30. The SMILES string of the molecule is COc1ccc2[nH]cc(CCN3C(=O)C(=O)/C(=C(\O)c4ccccc4)C3c3ccccc3)c2c1. The van der Waals surface area contributed by atoms with E-state index in [2.05, 4.69) is 4.98 Å². The Bertz CT molecular complexity index is 1390. The van der Waals surface area contributed by atoms with E-state index in [1.807, 2.05) is 60.8 Å². The van der Waals surface area contributed by atoms with E-state index in [1.165, 1.54) is 0 Å². The average Bonchev–Trinajstić information content (AvgIpc) is 3.40. The summed E-state index contributed by atoms with van der Waals surface area (Å²) in [5.41, 5.74) is 3.39. The van der Waals surface area contributed by atoms with Crippen molar-refractivity contribution in [1.82, 2.24) is 9.88 Å². The van der Waals surface area contributed by atoms with Gasteiger partial charge in [0.05, 0.1) is 18.7 Å². The van der Waals surface area contributed by atoms with Gasteiger partial charge in [0.1, 0.15) is 11.5 Å². The molecule has 2 heterocycles. The van der Waals surface area contributed by atoms with Crippen molar-refractivity contribution in [2.24, 2.45) is 0 Å². The quantitative estimate of drug-likeness (QED) is 0.249. The molecule has 0 aliphatic carbocycles. The van der Waals surface area contributed by atoms with Crippen LogP contribution in [0.2, 0.25) is 0 Å². The van der Waals surface area contributed by atoms with Gasteiger partial charge in [0, 0.05) is 29.2 Å². The third kappa shape index (κ3) is 3.73. The molecule has 1 aliphatic heterocycles. The van der Waals surface area contributed by atoms with Crippen LogP contribution in [0.1, 0.15) is 22.7 Å². The van der Waals surface area contributed by atoms with Crippen LogP contribution >= 0.6 is 0 Å². The first kappa shape index (κ1) is 21.5. The second-order valence-corrected chi connectivity index (χ2v) is 8.24. The zero-order valence-corrected chi connectivity index (χ0v) is 18.7. The van der Waals surface area contributed by atoms with Gasteiger partial charge in [-0.05, 0) is 35.7 Å². The number of aromatic amines is 1. The topological polar surface area (TPSA) is 82.6 Å². The van der Waals surface area contributed by atoms with Gasteiger partial charge in [-0.15, -0.1) is 0 Å². The summed E-state index contributed by atoms with van der Waals surface area (Å²) in [6.45, 7) is 0.319. The summed E-state index contributed by atoms with van der Waals surface area (Å²) in [5.74, 6) is -0.687. The van der Waals surface area contributed by atoms with Gasteiger partial charge < -0.3 is 19.7 Å². The number of H-pyrrole nitrogens is 1. The number of ether oxygens (including phenoxy) is 1. The molecule has 1 amide bonds. The monoisotopic (exact) mass is 452 g/mol. The number of nitrogens with zero attached hydrogens (tertiary/aromatic N) is 1. The molecule has 1 aromatic heterocycles. The van der Waals surface area contributed by atoms with Crippen LogP contribution < -0.4 is 4.74 Å². The Balaban J connectivity index is 1.54. The Labute approximate surface area is 197 Å². The lowest BCUT2D eigenvalue weighted by molar-refractivity contribution is -0.139. The largest absolute Gasteiger partial charge is 0.507 e.